The smallest absolute Gasteiger partial charge is 0.230 e. The molecule has 1 aliphatic rings. The minimum absolute atomic E-state index is 0.0759. The number of hydrogen-bond acceptors (Lipinski definition) is 2. The molecule has 1 amide bonds. The van der Waals surface area contributed by atoms with E-state index in [0.29, 0.717) is 6.42 Å². The Labute approximate surface area is 114 Å². The Bertz CT molecular complexity index is 491. The molecule has 0 spiro atoms. The monoisotopic (exact) mass is 256 g/mol. The number of carbonyl (C=O) groups excluding carboxylic acids is 1. The maximum absolute atomic E-state index is 12.6. The molecule has 2 atom stereocenters. The number of carbonyl (C=O) groups is 1. The number of nitrogens with zero attached hydrogens (tertiary/aromatic N) is 2. The number of piperidine rings is 1. The summed E-state index contributed by atoms with van der Waals surface area (Å²) in [6, 6.07) is 12.3. The molecule has 1 heterocycles. The van der Waals surface area contributed by atoms with Gasteiger partial charge in [-0.15, -0.1) is 0 Å². The van der Waals surface area contributed by atoms with Gasteiger partial charge in [-0.1, -0.05) is 30.3 Å². The summed E-state index contributed by atoms with van der Waals surface area (Å²) in [5.41, 5.74) is 0.646. The Morgan fingerprint density at radius 3 is 2.74 bits per heavy atom. The van der Waals surface area contributed by atoms with Crippen molar-refractivity contribution in [3.8, 4) is 6.07 Å². The summed E-state index contributed by atoms with van der Waals surface area (Å²) in [5.74, 6) is 0.122. The van der Waals surface area contributed by atoms with Gasteiger partial charge in [0.25, 0.3) is 0 Å². The van der Waals surface area contributed by atoms with Crippen LogP contribution in [-0.2, 0) is 4.79 Å². The number of hydrogen-bond donors (Lipinski definition) is 0. The van der Waals surface area contributed by atoms with Crippen molar-refractivity contribution in [2.24, 2.45) is 5.41 Å². The van der Waals surface area contributed by atoms with Gasteiger partial charge in [-0.3, -0.25) is 4.79 Å². The second-order valence-electron chi connectivity index (χ2n) is 5.58. The van der Waals surface area contributed by atoms with Crippen LogP contribution in [0.4, 0.5) is 0 Å². The molecule has 1 saturated heterocycles. The summed E-state index contributed by atoms with van der Waals surface area (Å²) in [5, 5.41) is 8.92. The van der Waals surface area contributed by atoms with E-state index in [0.717, 1.165) is 24.9 Å². The van der Waals surface area contributed by atoms with Crippen molar-refractivity contribution in [2.45, 2.75) is 39.2 Å². The third-order valence-corrected chi connectivity index (χ3v) is 4.12. The highest BCUT2D eigenvalue weighted by atomic mass is 16.2. The SMILES string of the molecule is C[C@@H](c1ccccc1)N1CCCC(C)(CC#N)C1=O. The van der Waals surface area contributed by atoms with Crippen LogP contribution in [0.15, 0.2) is 30.3 Å². The minimum atomic E-state index is -0.504. The molecule has 3 nitrogen and oxygen atoms in total. The molecule has 0 bridgehead atoms. The van der Waals surface area contributed by atoms with Crippen LogP contribution in [-0.4, -0.2) is 17.4 Å². The van der Waals surface area contributed by atoms with Gasteiger partial charge in [0, 0.05) is 13.0 Å². The lowest BCUT2D eigenvalue weighted by Crippen LogP contribution is -2.48. The van der Waals surface area contributed by atoms with Crippen molar-refractivity contribution in [1.82, 2.24) is 4.90 Å². The summed E-state index contributed by atoms with van der Waals surface area (Å²) in [6.45, 7) is 4.77. The van der Waals surface area contributed by atoms with Gasteiger partial charge in [0.15, 0.2) is 0 Å². The Morgan fingerprint density at radius 2 is 2.11 bits per heavy atom. The first-order valence-electron chi connectivity index (χ1n) is 6.81. The molecule has 100 valence electrons. The van der Waals surface area contributed by atoms with Crippen LogP contribution in [0.2, 0.25) is 0 Å². The zero-order chi connectivity index (χ0) is 13.9. The predicted octanol–water partition coefficient (Wildman–Crippen LogP) is 3.29. The molecule has 1 aliphatic heterocycles. The summed E-state index contributed by atoms with van der Waals surface area (Å²) < 4.78 is 0. The number of nitriles is 1. The zero-order valence-corrected chi connectivity index (χ0v) is 11.6. The minimum Gasteiger partial charge on any atom is -0.335 e. The summed E-state index contributed by atoms with van der Waals surface area (Å²) in [4.78, 5) is 14.6. The van der Waals surface area contributed by atoms with Gasteiger partial charge < -0.3 is 4.90 Å². The Kier molecular flexibility index (Phi) is 3.90. The van der Waals surface area contributed by atoms with Gasteiger partial charge in [0.05, 0.1) is 17.5 Å². The van der Waals surface area contributed by atoms with Crippen LogP contribution >= 0.6 is 0 Å². The van der Waals surface area contributed by atoms with E-state index in [-0.39, 0.29) is 11.9 Å². The molecule has 0 saturated carbocycles. The van der Waals surface area contributed by atoms with Crippen LogP contribution in [0, 0.1) is 16.7 Å². The first-order chi connectivity index (χ1) is 9.08. The zero-order valence-electron chi connectivity index (χ0n) is 11.6. The number of likely N-dealkylation sites (tertiary alicyclic amines) is 1. The van der Waals surface area contributed by atoms with Gasteiger partial charge in [-0.25, -0.2) is 0 Å². The maximum Gasteiger partial charge on any atom is 0.230 e. The maximum atomic E-state index is 12.6. The molecule has 0 aliphatic carbocycles. The second-order valence-corrected chi connectivity index (χ2v) is 5.58. The highest BCUT2D eigenvalue weighted by molar-refractivity contribution is 5.83. The van der Waals surface area contributed by atoms with Crippen molar-refractivity contribution in [3.05, 3.63) is 35.9 Å². The highest BCUT2D eigenvalue weighted by Gasteiger charge is 2.41. The van der Waals surface area contributed by atoms with Crippen LogP contribution in [0.3, 0.4) is 0 Å². The highest BCUT2D eigenvalue weighted by Crippen LogP contribution is 2.37. The van der Waals surface area contributed by atoms with Crippen LogP contribution in [0.25, 0.3) is 0 Å². The van der Waals surface area contributed by atoms with E-state index < -0.39 is 5.41 Å². The quantitative estimate of drug-likeness (QED) is 0.833. The normalized spacial score (nSPS) is 24.9. The number of rotatable bonds is 3. The number of benzene rings is 1. The molecule has 2 rings (SSSR count). The van der Waals surface area contributed by atoms with E-state index in [1.54, 1.807) is 0 Å². The fourth-order valence-corrected chi connectivity index (χ4v) is 2.81. The van der Waals surface area contributed by atoms with E-state index in [9.17, 15) is 4.79 Å². The van der Waals surface area contributed by atoms with Gasteiger partial charge in [0.1, 0.15) is 0 Å². The average Bonchev–Trinajstić information content (AvgIpc) is 2.43. The average molecular weight is 256 g/mol. The van der Waals surface area contributed by atoms with Crippen molar-refractivity contribution < 1.29 is 4.79 Å². The molecule has 0 N–H and O–H groups in total. The molecule has 1 aromatic rings. The molecule has 0 radical (unpaired) electrons. The van der Waals surface area contributed by atoms with E-state index in [1.807, 2.05) is 42.2 Å². The van der Waals surface area contributed by atoms with Crippen molar-refractivity contribution >= 4 is 5.91 Å². The Balaban J connectivity index is 2.21. The number of amides is 1. The third kappa shape index (κ3) is 2.63. The van der Waals surface area contributed by atoms with Crippen LogP contribution in [0.1, 0.15) is 44.7 Å². The molecule has 1 aromatic carbocycles. The first-order valence-corrected chi connectivity index (χ1v) is 6.81. The van der Waals surface area contributed by atoms with Crippen molar-refractivity contribution in [1.29, 1.82) is 5.26 Å². The molecule has 3 heteroatoms. The Morgan fingerprint density at radius 1 is 1.42 bits per heavy atom. The van der Waals surface area contributed by atoms with Gasteiger partial charge in [0.2, 0.25) is 5.91 Å². The van der Waals surface area contributed by atoms with E-state index in [2.05, 4.69) is 13.0 Å². The van der Waals surface area contributed by atoms with E-state index in [4.69, 9.17) is 5.26 Å². The molecule has 19 heavy (non-hydrogen) atoms. The lowest BCUT2D eigenvalue weighted by atomic mass is 9.78. The van der Waals surface area contributed by atoms with E-state index >= 15 is 0 Å². The van der Waals surface area contributed by atoms with Crippen molar-refractivity contribution in [2.75, 3.05) is 6.54 Å². The topological polar surface area (TPSA) is 44.1 Å². The first kappa shape index (κ1) is 13.6. The molecule has 1 unspecified atom stereocenters. The fourth-order valence-electron chi connectivity index (χ4n) is 2.81. The largest absolute Gasteiger partial charge is 0.335 e. The standard InChI is InChI=1S/C16H20N2O/c1-13(14-7-4-3-5-8-14)18-12-6-9-16(2,10-11-17)15(18)19/h3-5,7-8,13H,6,9-10,12H2,1-2H3/t13-,16?/m0/s1. The molecule has 1 fully saturated rings. The lowest BCUT2D eigenvalue weighted by Gasteiger charge is -2.41. The third-order valence-electron chi connectivity index (χ3n) is 4.12. The lowest BCUT2D eigenvalue weighted by molar-refractivity contribution is -0.147. The summed E-state index contributed by atoms with van der Waals surface area (Å²) >= 11 is 0. The molecular formula is C16H20N2O. The Hall–Kier alpha value is -1.82. The molecule has 0 aromatic heterocycles. The van der Waals surface area contributed by atoms with Gasteiger partial charge in [-0.2, -0.15) is 5.26 Å². The van der Waals surface area contributed by atoms with Crippen LogP contribution < -0.4 is 0 Å². The van der Waals surface area contributed by atoms with Crippen LogP contribution in [0.5, 0.6) is 0 Å². The fraction of sp³-hybridized carbons (Fsp3) is 0.500. The second kappa shape index (κ2) is 5.44. The summed E-state index contributed by atoms with van der Waals surface area (Å²) in [7, 11) is 0. The summed E-state index contributed by atoms with van der Waals surface area (Å²) in [6.07, 6.45) is 2.10. The van der Waals surface area contributed by atoms with Gasteiger partial charge >= 0.3 is 0 Å². The van der Waals surface area contributed by atoms with Crippen molar-refractivity contribution in [3.63, 3.8) is 0 Å². The van der Waals surface area contributed by atoms with E-state index in [1.165, 1.54) is 0 Å². The predicted molar refractivity (Wildman–Crippen MR) is 74.1 cm³/mol. The van der Waals surface area contributed by atoms with Gasteiger partial charge in [-0.05, 0) is 32.3 Å². The molecular weight excluding hydrogens is 236 g/mol.